The molecule has 1 aromatic carbocycles. The quantitative estimate of drug-likeness (QED) is 0.691. The van der Waals surface area contributed by atoms with Crippen LogP contribution >= 0.6 is 0 Å². The van der Waals surface area contributed by atoms with E-state index < -0.39 is 0 Å². The van der Waals surface area contributed by atoms with Crippen molar-refractivity contribution >= 4 is 0 Å². The molecular weight excluding hydrogens is 188 g/mol. The van der Waals surface area contributed by atoms with Gasteiger partial charge in [0.15, 0.2) is 0 Å². The van der Waals surface area contributed by atoms with Gasteiger partial charge in [0.2, 0.25) is 0 Å². The highest BCUT2D eigenvalue weighted by Crippen LogP contribution is 2.36. The number of epoxide rings is 1. The van der Waals surface area contributed by atoms with Gasteiger partial charge in [-0.1, -0.05) is 37.3 Å². The van der Waals surface area contributed by atoms with E-state index in [2.05, 4.69) is 26.0 Å². The van der Waals surface area contributed by atoms with Gasteiger partial charge >= 0.3 is 0 Å². The molecule has 1 aliphatic rings. The van der Waals surface area contributed by atoms with E-state index in [1.54, 1.807) is 0 Å². The smallest absolute Gasteiger partial charge is 0.117 e. The molecule has 0 aliphatic carbocycles. The fourth-order valence-corrected chi connectivity index (χ4v) is 1.77. The summed E-state index contributed by atoms with van der Waals surface area (Å²) < 4.78 is 11.3. The monoisotopic (exact) mass is 206 g/mol. The maximum Gasteiger partial charge on any atom is 0.117 e. The summed E-state index contributed by atoms with van der Waals surface area (Å²) in [7, 11) is 0. The van der Waals surface area contributed by atoms with Gasteiger partial charge in [0.05, 0.1) is 19.3 Å². The Morgan fingerprint density at radius 1 is 1.40 bits per heavy atom. The molecule has 1 heterocycles. The van der Waals surface area contributed by atoms with Gasteiger partial charge in [-0.05, 0) is 18.9 Å². The van der Waals surface area contributed by atoms with E-state index in [1.165, 1.54) is 5.56 Å². The van der Waals surface area contributed by atoms with Crippen molar-refractivity contribution in [1.82, 2.24) is 0 Å². The lowest BCUT2D eigenvalue weighted by Crippen LogP contribution is -2.29. The van der Waals surface area contributed by atoms with Crippen molar-refractivity contribution in [2.24, 2.45) is 0 Å². The van der Waals surface area contributed by atoms with Crippen molar-refractivity contribution in [2.45, 2.75) is 38.6 Å². The van der Waals surface area contributed by atoms with Crippen LogP contribution in [0.5, 0.6) is 0 Å². The zero-order valence-corrected chi connectivity index (χ0v) is 9.40. The largest absolute Gasteiger partial charge is 0.371 e. The van der Waals surface area contributed by atoms with Crippen LogP contribution in [0.2, 0.25) is 0 Å². The Bertz CT molecular complexity index is 304. The molecule has 2 atom stereocenters. The van der Waals surface area contributed by atoms with Crippen LogP contribution in [0.25, 0.3) is 0 Å². The van der Waals surface area contributed by atoms with E-state index in [4.69, 9.17) is 9.47 Å². The second-order valence-corrected chi connectivity index (χ2v) is 4.15. The Kier molecular flexibility index (Phi) is 3.08. The number of hydrogen-bond acceptors (Lipinski definition) is 2. The third-order valence-electron chi connectivity index (χ3n) is 3.20. The minimum Gasteiger partial charge on any atom is -0.371 e. The molecule has 82 valence electrons. The van der Waals surface area contributed by atoms with Gasteiger partial charge < -0.3 is 9.47 Å². The van der Waals surface area contributed by atoms with E-state index >= 15 is 0 Å². The first-order valence-electron chi connectivity index (χ1n) is 5.56. The highest BCUT2D eigenvalue weighted by Gasteiger charge is 2.48. The molecule has 0 bridgehead atoms. The van der Waals surface area contributed by atoms with E-state index in [1.807, 2.05) is 18.2 Å². The maximum absolute atomic E-state index is 5.82. The van der Waals surface area contributed by atoms with Gasteiger partial charge in [-0.2, -0.15) is 0 Å². The first-order valence-corrected chi connectivity index (χ1v) is 5.56. The van der Waals surface area contributed by atoms with E-state index in [-0.39, 0.29) is 11.7 Å². The molecule has 2 heteroatoms. The van der Waals surface area contributed by atoms with Crippen molar-refractivity contribution < 1.29 is 9.47 Å². The molecule has 2 unspecified atom stereocenters. The third kappa shape index (κ3) is 2.39. The lowest BCUT2D eigenvalue weighted by atomic mass is 10.0. The van der Waals surface area contributed by atoms with E-state index in [0.29, 0.717) is 6.61 Å². The molecule has 0 amide bonds. The van der Waals surface area contributed by atoms with Gasteiger partial charge in [-0.25, -0.2) is 0 Å². The van der Waals surface area contributed by atoms with Crippen molar-refractivity contribution in [3.63, 3.8) is 0 Å². The van der Waals surface area contributed by atoms with Crippen molar-refractivity contribution in [3.8, 4) is 0 Å². The second kappa shape index (κ2) is 4.33. The highest BCUT2D eigenvalue weighted by atomic mass is 16.6. The second-order valence-electron chi connectivity index (χ2n) is 4.15. The van der Waals surface area contributed by atoms with Crippen LogP contribution in [-0.2, 0) is 16.1 Å². The van der Waals surface area contributed by atoms with Crippen LogP contribution in [0, 0.1) is 0 Å². The summed E-state index contributed by atoms with van der Waals surface area (Å²) in [6.07, 6.45) is 1.21. The highest BCUT2D eigenvalue weighted by molar-refractivity contribution is 5.13. The first-order chi connectivity index (χ1) is 7.27. The van der Waals surface area contributed by atoms with Crippen LogP contribution in [0.15, 0.2) is 30.3 Å². The van der Waals surface area contributed by atoms with Crippen LogP contribution in [0.1, 0.15) is 25.8 Å². The van der Waals surface area contributed by atoms with Crippen molar-refractivity contribution in [3.05, 3.63) is 35.9 Å². The third-order valence-corrected chi connectivity index (χ3v) is 3.20. The molecule has 15 heavy (non-hydrogen) atoms. The Morgan fingerprint density at radius 3 is 2.60 bits per heavy atom. The predicted octanol–water partition coefficient (Wildman–Crippen LogP) is 2.77. The fraction of sp³-hybridized carbons (Fsp3) is 0.538. The molecule has 1 fully saturated rings. The van der Waals surface area contributed by atoms with Crippen LogP contribution in [-0.4, -0.2) is 18.3 Å². The topological polar surface area (TPSA) is 21.8 Å². The minimum absolute atomic E-state index is 0.00871. The van der Waals surface area contributed by atoms with Gasteiger partial charge in [0.25, 0.3) is 0 Å². The molecule has 2 rings (SSSR count). The fourth-order valence-electron chi connectivity index (χ4n) is 1.77. The maximum atomic E-state index is 5.82. The van der Waals surface area contributed by atoms with Gasteiger partial charge in [0.1, 0.15) is 5.60 Å². The Labute approximate surface area is 91.2 Å². The Morgan fingerprint density at radius 2 is 2.07 bits per heavy atom. The first kappa shape index (κ1) is 10.7. The summed E-state index contributed by atoms with van der Waals surface area (Å²) in [6, 6.07) is 10.3. The van der Waals surface area contributed by atoms with Crippen molar-refractivity contribution in [2.75, 3.05) is 6.61 Å². The molecular formula is C13H18O2. The minimum atomic E-state index is 0.00871. The number of benzene rings is 1. The summed E-state index contributed by atoms with van der Waals surface area (Å²) in [4.78, 5) is 0. The normalized spacial score (nSPS) is 26.3. The SMILES string of the molecule is CCC1(C(C)OCc2ccccc2)CO1. The molecule has 1 aliphatic heterocycles. The zero-order chi connectivity index (χ0) is 10.7. The number of rotatable bonds is 5. The van der Waals surface area contributed by atoms with Gasteiger partial charge in [-0.3, -0.25) is 0 Å². The molecule has 1 aromatic rings. The summed E-state index contributed by atoms with van der Waals surface area (Å²) >= 11 is 0. The summed E-state index contributed by atoms with van der Waals surface area (Å²) in [5, 5.41) is 0. The van der Waals surface area contributed by atoms with Crippen LogP contribution in [0.4, 0.5) is 0 Å². The molecule has 0 saturated carbocycles. The summed E-state index contributed by atoms with van der Waals surface area (Å²) in [6.45, 7) is 5.77. The number of hydrogen-bond donors (Lipinski definition) is 0. The Hall–Kier alpha value is -0.860. The van der Waals surface area contributed by atoms with Crippen molar-refractivity contribution in [1.29, 1.82) is 0 Å². The summed E-state index contributed by atoms with van der Waals surface area (Å²) in [5.74, 6) is 0. The Balaban J connectivity index is 1.84. The lowest BCUT2D eigenvalue weighted by Gasteiger charge is -2.19. The predicted molar refractivity (Wildman–Crippen MR) is 59.7 cm³/mol. The van der Waals surface area contributed by atoms with Gasteiger partial charge in [-0.15, -0.1) is 0 Å². The lowest BCUT2D eigenvalue weighted by molar-refractivity contribution is -0.00388. The standard InChI is InChI=1S/C13H18O2/c1-3-13(10-15-13)11(2)14-9-12-7-5-4-6-8-12/h4-8,11H,3,9-10H2,1-2H3. The average molecular weight is 206 g/mol. The molecule has 1 saturated heterocycles. The summed E-state index contributed by atoms with van der Waals surface area (Å²) in [5.41, 5.74) is 1.23. The van der Waals surface area contributed by atoms with E-state index in [9.17, 15) is 0 Å². The van der Waals surface area contributed by atoms with Gasteiger partial charge in [0, 0.05) is 0 Å². The van der Waals surface area contributed by atoms with E-state index in [0.717, 1.165) is 13.0 Å². The molecule has 2 nitrogen and oxygen atoms in total. The van der Waals surface area contributed by atoms with Crippen LogP contribution < -0.4 is 0 Å². The molecule has 0 aromatic heterocycles. The molecule has 0 spiro atoms. The number of ether oxygens (including phenoxy) is 2. The molecule has 0 N–H and O–H groups in total. The zero-order valence-electron chi connectivity index (χ0n) is 9.40. The van der Waals surface area contributed by atoms with Crippen LogP contribution in [0.3, 0.4) is 0 Å². The average Bonchev–Trinajstić information content (AvgIpc) is 3.08. The molecule has 0 radical (unpaired) electrons.